The van der Waals surface area contributed by atoms with Crippen molar-refractivity contribution in [3.05, 3.63) is 313 Å². The van der Waals surface area contributed by atoms with Gasteiger partial charge in [0, 0.05) is 130 Å². The second kappa shape index (κ2) is 39.7. The van der Waals surface area contributed by atoms with E-state index in [1.54, 1.807) is 44.2 Å². The molecule has 1 aliphatic heterocycles. The Morgan fingerprint density at radius 2 is 0.770 bits per heavy atom. The Morgan fingerprint density at radius 1 is 0.442 bits per heavy atom. The van der Waals surface area contributed by atoms with Gasteiger partial charge in [0.2, 0.25) is 5.24 Å². The molecule has 1 fully saturated rings. The lowest BCUT2D eigenvalue weighted by Gasteiger charge is -2.30. The second-order valence-electron chi connectivity index (χ2n) is 27.4. The molecule has 586 valence electrons. The van der Waals surface area contributed by atoms with Crippen LogP contribution in [0.5, 0.6) is 0 Å². The number of rotatable bonds is 16. The zero-order chi connectivity index (χ0) is 82.1. The second-order valence-corrected chi connectivity index (χ2v) is 31.5. The molecule has 0 unspecified atom stereocenters. The molecule has 113 heavy (non-hydrogen) atoms. The van der Waals surface area contributed by atoms with E-state index < -0.39 is 17.9 Å². The van der Waals surface area contributed by atoms with E-state index in [1.807, 2.05) is 150 Å². The van der Waals surface area contributed by atoms with Gasteiger partial charge >= 0.3 is 17.9 Å². The number of carboxylic acid groups (broad SMARTS) is 2. The fourth-order valence-corrected chi connectivity index (χ4v) is 15.6. The number of aryl methyl sites for hydroxylation is 8. The summed E-state index contributed by atoms with van der Waals surface area (Å²) >= 11 is 18.6. The van der Waals surface area contributed by atoms with Crippen LogP contribution in [0, 0.1) is 61.3 Å². The first-order chi connectivity index (χ1) is 53.8. The Kier molecular flexibility index (Phi) is 30.3. The summed E-state index contributed by atoms with van der Waals surface area (Å²) in [5, 5.41) is 42.2. The number of benzene rings is 6. The van der Waals surface area contributed by atoms with Crippen LogP contribution in [0.2, 0.25) is 0 Å². The van der Waals surface area contributed by atoms with Gasteiger partial charge in [-0.15, -0.1) is 0 Å². The predicted molar refractivity (Wildman–Crippen MR) is 453 cm³/mol. The van der Waals surface area contributed by atoms with Crippen LogP contribution in [0.4, 0.5) is 0 Å². The molecule has 8 heterocycles. The van der Waals surface area contributed by atoms with Crippen LogP contribution < -0.4 is 16.7 Å². The molecule has 7 aromatic heterocycles. The SMILES string of the molecule is COC(=O)c1c(C)[nH]c(C)c1C(=O)Cc1cccc(Br)c1.Cc1[nH]c(C)c2c(=O)[nH]nc(Cc3cccc(Br)c3)c12.Cc1[nH]c(C)c2c(=O)[nH]nc(Cc3cccc(C(=O)N4CCC(C)CC4)c3)c12.Cc1[nH]c(C)c2c(=O)[nH]nc(Cc3cccc(C(=O)O)c3)c12.O=C(Cl)Cc1cccc(Br)c1.O=C(O)Cc1cccc(Br)c1. The van der Waals surface area contributed by atoms with Gasteiger partial charge in [0.25, 0.3) is 22.6 Å². The molecule has 0 bridgehead atoms. The lowest BCUT2D eigenvalue weighted by Crippen LogP contribution is -2.37. The Bertz CT molecular complexity index is 5830. The molecule has 13 aromatic rings. The molecule has 6 aromatic carbocycles. The molecule has 1 amide bonds. The van der Waals surface area contributed by atoms with Crippen LogP contribution in [0.15, 0.2) is 178 Å². The van der Waals surface area contributed by atoms with Gasteiger partial charge in [0.15, 0.2) is 5.78 Å². The number of nitrogens with one attached hydrogen (secondary N) is 7. The van der Waals surface area contributed by atoms with Crippen LogP contribution in [-0.4, -0.2) is 121 Å². The highest BCUT2D eigenvalue weighted by Gasteiger charge is 2.26. The normalized spacial score (nSPS) is 11.7. The number of halogens is 5. The number of aromatic amines is 7. The number of hydrogen-bond acceptors (Lipinski definition) is 13. The predicted octanol–water partition coefficient (Wildman–Crippen LogP) is 17.1. The lowest BCUT2D eigenvalue weighted by atomic mass is 9.98. The highest BCUT2D eigenvalue weighted by molar-refractivity contribution is 9.11. The van der Waals surface area contributed by atoms with Crippen LogP contribution >= 0.6 is 75.3 Å². The van der Waals surface area contributed by atoms with E-state index in [-0.39, 0.29) is 52.0 Å². The first kappa shape index (κ1) is 86.3. The molecule has 1 aliphatic rings. The molecule has 9 N–H and O–H groups in total. The summed E-state index contributed by atoms with van der Waals surface area (Å²) in [7, 11) is 1.31. The van der Waals surface area contributed by atoms with Crippen LogP contribution in [-0.2, 0) is 52.9 Å². The van der Waals surface area contributed by atoms with Crippen molar-refractivity contribution in [2.75, 3.05) is 20.2 Å². The number of piperidine rings is 1. The van der Waals surface area contributed by atoms with Gasteiger partial charge in [-0.05, 0) is 192 Å². The number of fused-ring (bicyclic) bond motifs is 3. The number of H-pyrrole nitrogens is 7. The number of esters is 1. The molecule has 0 aliphatic carbocycles. The minimum absolute atomic E-state index is 0.0828. The van der Waals surface area contributed by atoms with Crippen molar-refractivity contribution in [2.45, 2.75) is 114 Å². The highest BCUT2D eigenvalue weighted by atomic mass is 79.9. The van der Waals surface area contributed by atoms with E-state index in [0.717, 1.165) is 150 Å². The number of ether oxygens (including phenoxy) is 1. The summed E-state index contributed by atoms with van der Waals surface area (Å²) in [6.07, 6.45) is 4.44. The lowest BCUT2D eigenvalue weighted by molar-refractivity contribution is -0.136. The van der Waals surface area contributed by atoms with Gasteiger partial charge in [0.05, 0.1) is 63.5 Å². The standard InChI is InChI=1S/C22H26N4O2.C16H16BrNO3.C16H15N3O3.C15H14BrN3O.C8H6BrClO.C8H7BrO2/c1-13-7-9-26(10-8-13)22(28)17-6-4-5-16(11-17)12-18-19-14(2)23-15(3)20(19)21(27)25-24-18;1-9-14(15(10(2)18-9)16(20)21-3)13(19)8-11-5-4-6-12(17)7-11;1-8-13-12(18-19-15(20)14(13)9(2)17-8)7-10-4-3-5-11(6-10)16(21)22;1-8-13-12(7-10-4-3-5-11(16)6-10)18-19-15(20)14(13)9(2)17-8;2*9-7-3-1-2-6(4-7)5-8(10)11/h4-6,11,13,23H,7-10,12H2,1-3H3,(H,25,27);4-7,18H,8H2,1-3H3;3-6,17H,7H2,1-2H3,(H,19,20)(H,21,22);3-6,17H,7H2,1-2H3,(H,19,20);1-4H,5H2;1-4H,5H2,(H,10,11). The molecule has 0 spiro atoms. The number of likely N-dealkylation sites (tertiary alicyclic amines) is 1. The van der Waals surface area contributed by atoms with Crippen LogP contribution in [0.25, 0.3) is 32.3 Å². The number of amides is 1. The fourth-order valence-electron chi connectivity index (χ4n) is 13.6. The number of nitrogens with zero attached hydrogens (tertiary/aromatic N) is 4. The van der Waals surface area contributed by atoms with E-state index in [1.165, 1.54) is 7.11 Å². The van der Waals surface area contributed by atoms with Crippen molar-refractivity contribution in [2.24, 2.45) is 5.92 Å². The number of aromatic carboxylic acids is 1. The Hall–Kier alpha value is -10.7. The third kappa shape index (κ3) is 23.0. The van der Waals surface area contributed by atoms with Crippen molar-refractivity contribution in [1.82, 2.24) is 55.4 Å². The zero-order valence-electron chi connectivity index (χ0n) is 63.7. The maximum atomic E-state index is 12.9. The zero-order valence-corrected chi connectivity index (χ0v) is 70.8. The summed E-state index contributed by atoms with van der Waals surface area (Å²) in [5.41, 5.74) is 15.9. The van der Waals surface area contributed by atoms with E-state index >= 15 is 0 Å². The van der Waals surface area contributed by atoms with Crippen molar-refractivity contribution < 1.29 is 43.7 Å². The number of carboxylic acids is 2. The van der Waals surface area contributed by atoms with Gasteiger partial charge in [-0.3, -0.25) is 33.6 Å². The summed E-state index contributed by atoms with van der Waals surface area (Å²) < 4.78 is 8.61. The largest absolute Gasteiger partial charge is 0.481 e. The molecule has 0 atom stereocenters. The van der Waals surface area contributed by atoms with Crippen LogP contribution in [0.1, 0.15) is 157 Å². The average molecular weight is 1810 g/mol. The molecule has 1 saturated heterocycles. The number of ketones is 1. The molecular weight excluding hydrogens is 1720 g/mol. The van der Waals surface area contributed by atoms with Crippen molar-refractivity contribution >= 4 is 142 Å². The van der Waals surface area contributed by atoms with Gasteiger partial charge in [-0.1, -0.05) is 143 Å². The van der Waals surface area contributed by atoms with E-state index in [9.17, 15) is 43.2 Å². The highest BCUT2D eigenvalue weighted by Crippen LogP contribution is 2.29. The number of carbonyl (C=O) groups is 6. The third-order valence-corrected chi connectivity index (χ3v) is 20.9. The third-order valence-electron chi connectivity index (χ3n) is 18.7. The van der Waals surface area contributed by atoms with Crippen LogP contribution in [0.3, 0.4) is 0 Å². The van der Waals surface area contributed by atoms with Crippen molar-refractivity contribution in [3.8, 4) is 0 Å². The smallest absolute Gasteiger partial charge is 0.340 e. The summed E-state index contributed by atoms with van der Waals surface area (Å²) in [6, 6.07) is 44.9. The van der Waals surface area contributed by atoms with Gasteiger partial charge < -0.3 is 39.8 Å². The number of hydrogen-bond donors (Lipinski definition) is 9. The topological polar surface area (TPSA) is 356 Å². The van der Waals surface area contributed by atoms with Gasteiger partial charge in [-0.2, -0.15) is 15.3 Å². The number of methoxy groups -OCH3 is 1. The van der Waals surface area contributed by atoms with E-state index in [0.29, 0.717) is 70.3 Å². The minimum atomic E-state index is -0.963. The Labute approximate surface area is 689 Å². The summed E-state index contributed by atoms with van der Waals surface area (Å²) in [4.78, 5) is 120. The maximum Gasteiger partial charge on any atom is 0.340 e. The molecule has 0 saturated carbocycles. The fraction of sp³-hybridized carbons (Fsp3) is 0.247. The Morgan fingerprint density at radius 3 is 1.15 bits per heavy atom. The number of Topliss-reactive ketones (excluding diaryl/α,β-unsaturated/α-hetero) is 1. The molecule has 0 radical (unpaired) electrons. The maximum absolute atomic E-state index is 12.9. The van der Waals surface area contributed by atoms with Crippen molar-refractivity contribution in [1.29, 1.82) is 0 Å². The number of carbonyl (C=O) groups excluding carboxylic acids is 4. The van der Waals surface area contributed by atoms with Gasteiger partial charge in [-0.25, -0.2) is 24.9 Å². The van der Waals surface area contributed by atoms with E-state index in [4.69, 9.17) is 26.6 Å². The van der Waals surface area contributed by atoms with Gasteiger partial charge in [0.1, 0.15) is 0 Å². The minimum Gasteiger partial charge on any atom is -0.481 e. The first-order valence-electron chi connectivity index (χ1n) is 35.9. The molecule has 28 heteroatoms. The Balaban J connectivity index is 0.000000160. The van der Waals surface area contributed by atoms with E-state index in [2.05, 4.69) is 133 Å². The number of aliphatic carboxylic acids is 1. The average Bonchev–Trinajstić information content (AvgIpc) is 1.66. The monoisotopic (exact) mass is 1800 g/mol. The quantitative estimate of drug-likeness (QED) is 0.0247. The molecule has 14 rings (SSSR count). The first-order valence-corrected chi connectivity index (χ1v) is 39.4. The van der Waals surface area contributed by atoms with Crippen molar-refractivity contribution in [3.63, 3.8) is 0 Å². The number of aromatic nitrogens is 10. The summed E-state index contributed by atoms with van der Waals surface area (Å²) in [5.74, 6) is -1.57. The summed E-state index contributed by atoms with van der Waals surface area (Å²) in [6.45, 7) is 18.9. The molecule has 23 nitrogen and oxygen atoms in total. The molecular formula is C85H84Br4ClN11O12.